The molecule has 20 heavy (non-hydrogen) atoms. The van der Waals surface area contributed by atoms with Crippen molar-refractivity contribution in [2.75, 3.05) is 0 Å². The molecule has 1 heterocycles. The van der Waals surface area contributed by atoms with Gasteiger partial charge in [-0.05, 0) is 18.9 Å². The van der Waals surface area contributed by atoms with Gasteiger partial charge >= 0.3 is 0 Å². The van der Waals surface area contributed by atoms with Gasteiger partial charge in [0.1, 0.15) is 6.54 Å². The average molecular weight is 307 g/mol. The predicted octanol–water partition coefficient (Wildman–Crippen LogP) is -0.481. The Morgan fingerprint density at radius 2 is 1.45 bits per heavy atom. The van der Waals surface area contributed by atoms with E-state index >= 15 is 0 Å². The second kappa shape index (κ2) is 11.0. The van der Waals surface area contributed by atoms with Gasteiger partial charge in [0.15, 0.2) is 12.4 Å². The standard InChI is InChI=1S/C14H24N.ClHO4/c1-3-4-5-6-7-8-11-15-12-9-14(2)10-13-15;2-1(3,4)5/h9-10,12-13H,3-8,11H2,1-2H3;(H,2,3,4,5)/q+1;. The molecule has 0 saturated carbocycles. The summed E-state index contributed by atoms with van der Waals surface area (Å²) in [5.41, 5.74) is 1.34. The maximum absolute atomic E-state index is 8.60. The van der Waals surface area contributed by atoms with Gasteiger partial charge in [-0.1, -0.05) is 32.6 Å². The van der Waals surface area contributed by atoms with Crippen LogP contribution in [0.2, 0.25) is 0 Å². The molecular weight excluding hydrogens is 282 g/mol. The summed E-state index contributed by atoms with van der Waals surface area (Å²) in [7, 11) is -4.69. The highest BCUT2D eigenvalue weighted by Crippen LogP contribution is 2.04. The summed E-state index contributed by atoms with van der Waals surface area (Å²) in [5.74, 6) is 0. The van der Waals surface area contributed by atoms with Crippen molar-refractivity contribution < 1.29 is 33.4 Å². The number of nitrogens with zero attached hydrogens (tertiary/aromatic N) is 1. The van der Waals surface area contributed by atoms with Gasteiger partial charge in [0.25, 0.3) is 0 Å². The Bertz CT molecular complexity index is 332. The van der Waals surface area contributed by atoms with E-state index in [4.69, 9.17) is 18.6 Å². The maximum Gasteiger partial charge on any atom is 0.169 e. The Balaban J connectivity index is 0.000000621. The van der Waals surface area contributed by atoms with Crippen molar-refractivity contribution in [2.24, 2.45) is 0 Å². The summed E-state index contributed by atoms with van der Waals surface area (Å²) in [5, 5.41) is 0. The molecule has 1 aromatic heterocycles. The zero-order valence-corrected chi connectivity index (χ0v) is 13.0. The van der Waals surface area contributed by atoms with Crippen LogP contribution >= 0.6 is 0 Å². The molecule has 5 nitrogen and oxygen atoms in total. The summed E-state index contributed by atoms with van der Waals surface area (Å²) < 4.78 is 35.0. The highest BCUT2D eigenvalue weighted by Gasteiger charge is 1.99. The number of hydrogen-bond acceptors (Lipinski definition) is 4. The highest BCUT2D eigenvalue weighted by molar-refractivity contribution is 5.03. The zero-order valence-electron chi connectivity index (χ0n) is 12.3. The van der Waals surface area contributed by atoms with Crippen molar-refractivity contribution in [3.63, 3.8) is 0 Å². The predicted molar refractivity (Wildman–Crippen MR) is 67.0 cm³/mol. The molecule has 0 spiro atoms. The number of aromatic nitrogens is 1. The Labute approximate surface area is 123 Å². The van der Waals surface area contributed by atoms with Crippen molar-refractivity contribution in [1.82, 2.24) is 0 Å². The Morgan fingerprint density at radius 3 is 1.95 bits per heavy atom. The normalized spacial score (nSPS) is 10.9. The summed E-state index contributed by atoms with van der Waals surface area (Å²) >= 11 is 0. The molecule has 1 rings (SSSR count). The second-order valence-electron chi connectivity index (χ2n) is 4.78. The molecule has 0 fully saturated rings. The van der Waals surface area contributed by atoms with Gasteiger partial charge in [-0.25, -0.2) is 4.57 Å². The molecule has 0 aliphatic heterocycles. The van der Waals surface area contributed by atoms with Crippen LogP contribution in [0.25, 0.3) is 0 Å². The van der Waals surface area contributed by atoms with Crippen LogP contribution in [0.4, 0.5) is 0 Å². The van der Waals surface area contributed by atoms with E-state index in [0.717, 1.165) is 0 Å². The van der Waals surface area contributed by atoms with E-state index in [1.807, 2.05) is 0 Å². The fraction of sp³-hybridized carbons (Fsp3) is 0.643. The summed E-state index contributed by atoms with van der Waals surface area (Å²) in [6.45, 7) is 5.57. The number of halogens is 1. The monoisotopic (exact) mass is 306 g/mol. The minimum absolute atomic E-state index is 1.17. The molecule has 0 bridgehead atoms. The van der Waals surface area contributed by atoms with E-state index in [9.17, 15) is 0 Å². The van der Waals surface area contributed by atoms with Gasteiger partial charge in [-0.2, -0.15) is 14.0 Å². The molecule has 6 heteroatoms. The molecule has 0 aromatic carbocycles. The van der Waals surface area contributed by atoms with E-state index in [-0.39, 0.29) is 0 Å². The first-order valence-electron chi connectivity index (χ1n) is 6.92. The number of rotatable bonds is 7. The molecule has 0 unspecified atom stereocenters. The molecular formula is C14H25ClNO4+. The number of aryl methyl sites for hydroxylation is 2. The smallest absolute Gasteiger partial charge is 0.169 e. The SMILES string of the molecule is CCCCCCCC[n+]1ccc(C)cc1.[O-][Cl+3]([O-])([O-])O. The lowest BCUT2D eigenvalue weighted by Gasteiger charge is -2.03. The summed E-state index contributed by atoms with van der Waals surface area (Å²) in [6, 6.07) is 4.36. The van der Waals surface area contributed by atoms with Gasteiger partial charge < -0.3 is 0 Å². The van der Waals surface area contributed by atoms with Gasteiger partial charge in [0, 0.05) is 18.6 Å². The molecule has 0 radical (unpaired) electrons. The molecule has 0 amide bonds. The summed E-state index contributed by atoms with van der Waals surface area (Å²) in [4.78, 5) is 0. The van der Waals surface area contributed by atoms with Gasteiger partial charge in [0.2, 0.25) is 0 Å². The zero-order chi connectivity index (χ0) is 15.4. The average Bonchev–Trinajstić information content (AvgIpc) is 2.34. The van der Waals surface area contributed by atoms with E-state index in [1.165, 1.54) is 50.6 Å². The van der Waals surface area contributed by atoms with Crippen LogP contribution in [0.5, 0.6) is 0 Å². The van der Waals surface area contributed by atoms with Crippen molar-refractivity contribution in [1.29, 1.82) is 0 Å². The Morgan fingerprint density at radius 1 is 1.00 bits per heavy atom. The van der Waals surface area contributed by atoms with Crippen LogP contribution in [-0.2, 0) is 6.54 Å². The topological polar surface area (TPSA) is 93.3 Å². The van der Waals surface area contributed by atoms with Crippen LogP contribution in [0.3, 0.4) is 0 Å². The van der Waals surface area contributed by atoms with E-state index in [0.29, 0.717) is 0 Å². The lowest BCUT2D eigenvalue weighted by Crippen LogP contribution is -2.58. The molecule has 1 N–H and O–H groups in total. The van der Waals surface area contributed by atoms with Crippen LogP contribution in [0.15, 0.2) is 24.5 Å². The fourth-order valence-corrected chi connectivity index (χ4v) is 1.76. The molecule has 0 aliphatic rings. The third kappa shape index (κ3) is 15.3. The fourth-order valence-electron chi connectivity index (χ4n) is 1.76. The number of hydrogen-bond donors (Lipinski definition) is 1. The maximum atomic E-state index is 8.60. The van der Waals surface area contributed by atoms with Crippen molar-refractivity contribution in [2.45, 2.75) is 58.9 Å². The second-order valence-corrected chi connectivity index (χ2v) is 5.57. The molecule has 0 aliphatic carbocycles. The summed E-state index contributed by atoms with van der Waals surface area (Å²) in [6.07, 6.45) is 12.6. The Kier molecular flexibility index (Phi) is 10.6. The largest absolute Gasteiger partial charge is 0.205 e. The van der Waals surface area contributed by atoms with E-state index in [2.05, 4.69) is 42.9 Å². The third-order valence-corrected chi connectivity index (χ3v) is 2.83. The van der Waals surface area contributed by atoms with Crippen molar-refractivity contribution >= 4 is 0 Å². The van der Waals surface area contributed by atoms with E-state index < -0.39 is 10.2 Å². The minimum atomic E-state index is -4.69. The molecule has 1 aromatic rings. The van der Waals surface area contributed by atoms with Crippen LogP contribution in [-0.4, -0.2) is 4.66 Å². The highest BCUT2D eigenvalue weighted by atomic mass is 35.7. The number of pyridine rings is 1. The lowest BCUT2D eigenvalue weighted by molar-refractivity contribution is -1.92. The van der Waals surface area contributed by atoms with Gasteiger partial charge in [-0.3, -0.25) is 0 Å². The van der Waals surface area contributed by atoms with E-state index in [1.54, 1.807) is 0 Å². The van der Waals surface area contributed by atoms with Crippen LogP contribution in [0, 0.1) is 17.2 Å². The Hall–Kier alpha value is -0.720. The first-order valence-corrected chi connectivity index (χ1v) is 8.18. The minimum Gasteiger partial charge on any atom is -0.205 e. The van der Waals surface area contributed by atoms with Gasteiger partial charge in [-0.15, -0.1) is 0 Å². The molecule has 0 atom stereocenters. The lowest BCUT2D eigenvalue weighted by atomic mass is 10.1. The van der Waals surface area contributed by atoms with Crippen molar-refractivity contribution in [3.05, 3.63) is 30.1 Å². The first kappa shape index (κ1) is 19.3. The number of unbranched alkanes of at least 4 members (excludes halogenated alkanes) is 5. The quantitative estimate of drug-likeness (QED) is 0.544. The van der Waals surface area contributed by atoms with Crippen LogP contribution < -0.4 is 18.5 Å². The molecule has 116 valence electrons. The van der Waals surface area contributed by atoms with Crippen LogP contribution in [0.1, 0.15) is 51.0 Å². The van der Waals surface area contributed by atoms with Gasteiger partial charge in [0.05, 0.1) is 14.9 Å². The first-order chi connectivity index (χ1) is 9.33. The molecule has 0 saturated heterocycles. The third-order valence-electron chi connectivity index (χ3n) is 2.83. The van der Waals surface area contributed by atoms with Crippen molar-refractivity contribution in [3.8, 4) is 0 Å².